The van der Waals surface area contributed by atoms with Crippen LogP contribution in [0.25, 0.3) is 0 Å². The normalized spacial score (nSPS) is 32.3. The van der Waals surface area contributed by atoms with Gasteiger partial charge in [-0.25, -0.2) is 0 Å². The van der Waals surface area contributed by atoms with Gasteiger partial charge in [0.05, 0.1) is 20.5 Å². The Kier molecular flexibility index (Phi) is 4.90. The number of hydrogen-bond donors (Lipinski definition) is 0. The van der Waals surface area contributed by atoms with Crippen LogP contribution in [0.5, 0.6) is 0 Å². The number of benzene rings is 2. The van der Waals surface area contributed by atoms with Gasteiger partial charge in [0.1, 0.15) is 6.54 Å². The predicted octanol–water partition coefficient (Wildman–Crippen LogP) is 4.29. The van der Waals surface area contributed by atoms with E-state index in [2.05, 4.69) is 31.9 Å². The summed E-state index contributed by atoms with van der Waals surface area (Å²) in [5, 5.41) is 0. The third-order valence-corrected chi connectivity index (χ3v) is 10.6. The number of likely N-dealkylation sites (tertiary alicyclic amines) is 2. The largest absolute Gasteiger partial charge is 0.341 e. The molecule has 2 bridgehead atoms. The van der Waals surface area contributed by atoms with Crippen LogP contribution in [0.15, 0.2) is 48.5 Å². The smallest absolute Gasteiger partial charge is 0.242 e. The van der Waals surface area contributed by atoms with Gasteiger partial charge in [-0.3, -0.25) is 19.3 Å². The van der Waals surface area contributed by atoms with E-state index in [0.29, 0.717) is 13.1 Å². The number of halogens is 2. The molecular weight excluding hydrogens is 548 g/mol. The van der Waals surface area contributed by atoms with Crippen molar-refractivity contribution in [2.75, 3.05) is 19.6 Å². The fourth-order valence-corrected chi connectivity index (χ4v) is 8.74. The number of hydrogen-bond acceptors (Lipinski definition) is 3. The minimum absolute atomic E-state index is 0.133. The fraction of sp³-hybridized carbons (Fsp3) is 0.423. The second kappa shape index (κ2) is 7.51. The van der Waals surface area contributed by atoms with Crippen LogP contribution < -0.4 is 0 Å². The molecule has 170 valence electrons. The summed E-state index contributed by atoms with van der Waals surface area (Å²) in [5.74, 6) is -1.90. The lowest BCUT2D eigenvalue weighted by Gasteiger charge is -2.55. The Bertz CT molecular complexity index is 1070. The van der Waals surface area contributed by atoms with Crippen LogP contribution in [-0.4, -0.2) is 47.2 Å². The lowest BCUT2D eigenvalue weighted by atomic mass is 9.54. The average molecular weight is 572 g/mol. The Balaban J connectivity index is 1.45. The van der Waals surface area contributed by atoms with Gasteiger partial charge in [0.25, 0.3) is 0 Å². The van der Waals surface area contributed by atoms with Crippen molar-refractivity contribution in [3.63, 3.8) is 0 Å². The maximum Gasteiger partial charge on any atom is 0.242 e. The summed E-state index contributed by atoms with van der Waals surface area (Å²) in [7, 11) is 0. The van der Waals surface area contributed by atoms with Gasteiger partial charge in [-0.1, -0.05) is 93.2 Å². The van der Waals surface area contributed by atoms with Crippen LogP contribution in [0.3, 0.4) is 0 Å². The zero-order chi connectivity index (χ0) is 23.0. The van der Waals surface area contributed by atoms with Gasteiger partial charge in [0, 0.05) is 13.1 Å². The number of alkyl halides is 2. The number of nitrogens with zero attached hydrogens (tertiary/aromatic N) is 2. The van der Waals surface area contributed by atoms with Crippen LogP contribution in [0.4, 0.5) is 0 Å². The van der Waals surface area contributed by atoms with Crippen LogP contribution in [0.1, 0.15) is 47.9 Å². The predicted molar refractivity (Wildman–Crippen MR) is 131 cm³/mol. The maximum atomic E-state index is 13.9. The Labute approximate surface area is 209 Å². The van der Waals surface area contributed by atoms with Crippen LogP contribution in [-0.2, 0) is 23.0 Å². The summed E-state index contributed by atoms with van der Waals surface area (Å²) in [6.45, 7) is 1.22. The molecule has 2 heterocycles. The molecule has 33 heavy (non-hydrogen) atoms. The van der Waals surface area contributed by atoms with Crippen LogP contribution in [0, 0.1) is 11.8 Å². The Hall–Kier alpha value is -1.99. The number of amides is 3. The zero-order valence-corrected chi connectivity index (χ0v) is 21.3. The van der Waals surface area contributed by atoms with Crippen LogP contribution in [0.2, 0.25) is 0 Å². The number of carbonyl (C=O) groups is 3. The molecule has 5 nitrogen and oxygen atoms in total. The molecule has 2 aromatic carbocycles. The third-order valence-electron chi connectivity index (χ3n) is 7.93. The van der Waals surface area contributed by atoms with E-state index in [9.17, 15) is 14.4 Å². The first-order valence-corrected chi connectivity index (χ1v) is 13.2. The van der Waals surface area contributed by atoms with E-state index in [1.807, 2.05) is 53.4 Å². The second-order valence-corrected chi connectivity index (χ2v) is 12.0. The van der Waals surface area contributed by atoms with E-state index < -0.39 is 20.5 Å². The van der Waals surface area contributed by atoms with Gasteiger partial charge in [-0.05, 0) is 35.1 Å². The molecule has 2 saturated heterocycles. The molecule has 7 heteroatoms. The molecule has 0 unspecified atom stereocenters. The molecule has 5 aliphatic rings. The minimum atomic E-state index is -0.812. The quantitative estimate of drug-likeness (QED) is 0.399. The minimum Gasteiger partial charge on any atom is -0.341 e. The van der Waals surface area contributed by atoms with Crippen molar-refractivity contribution in [3.8, 4) is 0 Å². The number of carbonyl (C=O) groups excluding carboxylic acids is 3. The molecule has 2 atom stereocenters. The highest BCUT2D eigenvalue weighted by atomic mass is 79.9. The van der Waals surface area contributed by atoms with E-state index in [-0.39, 0.29) is 24.3 Å². The lowest BCUT2D eigenvalue weighted by Crippen LogP contribution is -2.56. The van der Waals surface area contributed by atoms with Crippen molar-refractivity contribution in [1.29, 1.82) is 0 Å². The molecular formula is C26H24Br2N2O3. The standard InChI is InChI=1S/C26H24Br2N2O3/c27-25-16-9-3-4-10-17(16)26(28,19-12-6-5-11-18(19)25)22-21(25)23(32)30(24(22)33)15-20(31)29-13-7-1-2-8-14-29/h3-6,9-12,21-22H,1-2,7-8,13-15H2/t21-,22+,25?,26?. The van der Waals surface area contributed by atoms with Gasteiger partial charge in [0.2, 0.25) is 17.7 Å². The summed E-state index contributed by atoms with van der Waals surface area (Å²) in [6, 6.07) is 16.0. The third kappa shape index (κ3) is 2.72. The van der Waals surface area contributed by atoms with Gasteiger partial charge in [-0.15, -0.1) is 0 Å². The van der Waals surface area contributed by atoms with E-state index in [1.165, 1.54) is 4.90 Å². The highest BCUT2D eigenvalue weighted by Gasteiger charge is 2.72. The molecule has 0 spiro atoms. The van der Waals surface area contributed by atoms with Crippen molar-refractivity contribution in [3.05, 3.63) is 70.8 Å². The van der Waals surface area contributed by atoms with Gasteiger partial charge < -0.3 is 4.90 Å². The van der Waals surface area contributed by atoms with Gasteiger partial charge >= 0.3 is 0 Å². The maximum absolute atomic E-state index is 13.9. The van der Waals surface area contributed by atoms with E-state index in [0.717, 1.165) is 47.9 Å². The molecule has 7 rings (SSSR count). The summed E-state index contributed by atoms with van der Waals surface area (Å²) in [4.78, 5) is 43.9. The SMILES string of the molecule is O=C(CN1C(=O)[C@@H]2[C@H](C1=O)C1(Br)c3ccccc3C2(Br)c2ccccc21)N1CCCCCC1. The summed E-state index contributed by atoms with van der Waals surface area (Å²) in [5.41, 5.74) is 4.01. The first-order valence-electron chi connectivity index (χ1n) is 11.6. The molecule has 3 aliphatic carbocycles. The monoisotopic (exact) mass is 570 g/mol. The Morgan fingerprint density at radius 1 is 0.758 bits per heavy atom. The molecule has 2 aliphatic heterocycles. The van der Waals surface area contributed by atoms with Crippen molar-refractivity contribution in [2.45, 2.75) is 34.3 Å². The molecule has 3 amide bonds. The zero-order valence-electron chi connectivity index (χ0n) is 18.1. The van der Waals surface area contributed by atoms with E-state index >= 15 is 0 Å². The first kappa shape index (κ1) is 21.5. The topological polar surface area (TPSA) is 57.7 Å². The Morgan fingerprint density at radius 3 is 1.55 bits per heavy atom. The van der Waals surface area contributed by atoms with Gasteiger partial charge in [0.15, 0.2) is 0 Å². The summed E-state index contributed by atoms with van der Waals surface area (Å²) < 4.78 is -1.62. The average Bonchev–Trinajstić information content (AvgIpc) is 3.01. The van der Waals surface area contributed by atoms with E-state index in [1.54, 1.807) is 0 Å². The lowest BCUT2D eigenvalue weighted by molar-refractivity contribution is -0.146. The molecule has 0 saturated carbocycles. The number of rotatable bonds is 2. The Morgan fingerprint density at radius 2 is 1.15 bits per heavy atom. The van der Waals surface area contributed by atoms with Gasteiger partial charge in [-0.2, -0.15) is 0 Å². The van der Waals surface area contributed by atoms with Crippen molar-refractivity contribution >= 4 is 49.6 Å². The second-order valence-electron chi connectivity index (χ2n) is 9.53. The number of imide groups is 1. The first-order chi connectivity index (χ1) is 15.9. The highest BCUT2D eigenvalue weighted by Crippen LogP contribution is 2.70. The van der Waals surface area contributed by atoms with Crippen molar-refractivity contribution in [1.82, 2.24) is 9.80 Å². The fourth-order valence-electron chi connectivity index (χ4n) is 6.44. The van der Waals surface area contributed by atoms with Crippen molar-refractivity contribution in [2.24, 2.45) is 11.8 Å². The molecule has 0 radical (unpaired) electrons. The molecule has 0 aromatic heterocycles. The molecule has 2 fully saturated rings. The van der Waals surface area contributed by atoms with Crippen molar-refractivity contribution < 1.29 is 14.4 Å². The van der Waals surface area contributed by atoms with E-state index in [4.69, 9.17) is 0 Å². The summed E-state index contributed by atoms with van der Waals surface area (Å²) in [6.07, 6.45) is 4.17. The summed E-state index contributed by atoms with van der Waals surface area (Å²) >= 11 is 7.99. The molecule has 0 N–H and O–H groups in total. The van der Waals surface area contributed by atoms with Crippen LogP contribution >= 0.6 is 31.9 Å². The molecule has 2 aromatic rings. The highest BCUT2D eigenvalue weighted by molar-refractivity contribution is 9.10.